The first-order chi connectivity index (χ1) is 13.0. The molecule has 0 spiro atoms. The average Bonchev–Trinajstić information content (AvgIpc) is 3.25. The lowest BCUT2D eigenvalue weighted by Gasteiger charge is -2.07. The Labute approximate surface area is 155 Å². The van der Waals surface area contributed by atoms with Gasteiger partial charge in [-0.15, -0.1) is 0 Å². The van der Waals surface area contributed by atoms with Gasteiger partial charge in [0.15, 0.2) is 0 Å². The van der Waals surface area contributed by atoms with Crippen LogP contribution < -0.4 is 5.32 Å². The molecular weight excluding hydrogens is 345 g/mol. The molecule has 0 aliphatic rings. The maximum atomic E-state index is 13.5. The predicted molar refractivity (Wildman–Crippen MR) is 101 cm³/mol. The second-order valence-electron chi connectivity index (χ2n) is 6.39. The van der Waals surface area contributed by atoms with Crippen LogP contribution in [0.15, 0.2) is 48.7 Å². The number of rotatable bonds is 4. The summed E-state index contributed by atoms with van der Waals surface area (Å²) in [7, 11) is 1.97. The number of halogens is 1. The molecule has 0 saturated carbocycles. The molecule has 0 radical (unpaired) electrons. The van der Waals surface area contributed by atoms with Crippen LogP contribution >= 0.6 is 0 Å². The molecule has 0 fully saturated rings. The van der Waals surface area contributed by atoms with Crippen LogP contribution in [0.1, 0.15) is 21.7 Å². The Balaban J connectivity index is 1.53. The van der Waals surface area contributed by atoms with E-state index in [0.29, 0.717) is 23.4 Å². The highest BCUT2D eigenvalue weighted by Gasteiger charge is 2.15. The van der Waals surface area contributed by atoms with Crippen molar-refractivity contribution in [1.29, 1.82) is 0 Å². The summed E-state index contributed by atoms with van der Waals surface area (Å²) >= 11 is 0. The number of carbonyl (C=O) groups is 1. The molecular formula is C20H18FN5O. The molecule has 2 aromatic carbocycles. The Morgan fingerprint density at radius 3 is 2.93 bits per heavy atom. The molecule has 0 aliphatic carbocycles. The molecule has 2 aromatic heterocycles. The SMILES string of the molecule is Cc1nc2cc(CNC(=O)c3cn[nH]c3-c3cccc(F)c3)ccc2n1C. The normalized spacial score (nSPS) is 11.1. The highest BCUT2D eigenvalue weighted by molar-refractivity contribution is 5.99. The van der Waals surface area contributed by atoms with Gasteiger partial charge in [0, 0.05) is 19.2 Å². The van der Waals surface area contributed by atoms with E-state index in [4.69, 9.17) is 0 Å². The number of nitrogens with one attached hydrogen (secondary N) is 2. The van der Waals surface area contributed by atoms with Crippen molar-refractivity contribution < 1.29 is 9.18 Å². The Bertz CT molecular complexity index is 1140. The van der Waals surface area contributed by atoms with Crippen LogP contribution in [0, 0.1) is 12.7 Å². The number of carbonyl (C=O) groups excluding carboxylic acids is 1. The lowest BCUT2D eigenvalue weighted by atomic mass is 10.1. The summed E-state index contributed by atoms with van der Waals surface area (Å²) in [5.74, 6) is 0.289. The lowest BCUT2D eigenvalue weighted by molar-refractivity contribution is 0.0951. The summed E-state index contributed by atoms with van der Waals surface area (Å²) in [6.45, 7) is 2.31. The first-order valence-corrected chi connectivity index (χ1v) is 8.52. The lowest BCUT2D eigenvalue weighted by Crippen LogP contribution is -2.23. The van der Waals surface area contributed by atoms with E-state index >= 15 is 0 Å². The smallest absolute Gasteiger partial charge is 0.255 e. The Kier molecular flexibility index (Phi) is 4.19. The number of aromatic amines is 1. The molecule has 136 valence electrons. The van der Waals surface area contributed by atoms with Crippen molar-refractivity contribution in [3.05, 3.63) is 71.4 Å². The third kappa shape index (κ3) is 3.19. The summed E-state index contributed by atoms with van der Waals surface area (Å²) in [6, 6.07) is 12.0. The van der Waals surface area contributed by atoms with Crippen LogP contribution in [-0.4, -0.2) is 25.7 Å². The van der Waals surface area contributed by atoms with E-state index in [2.05, 4.69) is 20.5 Å². The largest absolute Gasteiger partial charge is 0.348 e. The van der Waals surface area contributed by atoms with Gasteiger partial charge in [0.25, 0.3) is 5.91 Å². The number of aromatic nitrogens is 4. The van der Waals surface area contributed by atoms with Crippen LogP contribution in [0.2, 0.25) is 0 Å². The fourth-order valence-corrected chi connectivity index (χ4v) is 3.08. The van der Waals surface area contributed by atoms with Crippen LogP contribution in [0.4, 0.5) is 4.39 Å². The molecule has 2 heterocycles. The minimum absolute atomic E-state index is 0.277. The van der Waals surface area contributed by atoms with Crippen LogP contribution in [0.25, 0.3) is 22.3 Å². The van der Waals surface area contributed by atoms with Gasteiger partial charge >= 0.3 is 0 Å². The molecule has 4 aromatic rings. The number of imidazole rings is 1. The molecule has 6 nitrogen and oxygen atoms in total. The van der Waals surface area contributed by atoms with Crippen molar-refractivity contribution in [3.63, 3.8) is 0 Å². The summed E-state index contributed by atoms with van der Waals surface area (Å²) in [6.07, 6.45) is 1.45. The number of hydrogen-bond donors (Lipinski definition) is 2. The van der Waals surface area contributed by atoms with E-state index < -0.39 is 0 Å². The van der Waals surface area contributed by atoms with Crippen LogP contribution in [0.5, 0.6) is 0 Å². The van der Waals surface area contributed by atoms with Gasteiger partial charge < -0.3 is 9.88 Å². The molecule has 0 unspecified atom stereocenters. The maximum Gasteiger partial charge on any atom is 0.255 e. The van der Waals surface area contributed by atoms with E-state index in [1.54, 1.807) is 12.1 Å². The molecule has 7 heteroatoms. The highest BCUT2D eigenvalue weighted by Crippen LogP contribution is 2.22. The van der Waals surface area contributed by atoms with Crippen LogP contribution in [0.3, 0.4) is 0 Å². The Morgan fingerprint density at radius 1 is 1.26 bits per heavy atom. The minimum Gasteiger partial charge on any atom is -0.348 e. The number of nitrogens with zero attached hydrogens (tertiary/aromatic N) is 3. The number of fused-ring (bicyclic) bond motifs is 1. The van der Waals surface area contributed by atoms with E-state index in [1.807, 2.05) is 36.7 Å². The van der Waals surface area contributed by atoms with Gasteiger partial charge in [-0.1, -0.05) is 18.2 Å². The molecule has 2 N–H and O–H groups in total. The van der Waals surface area contributed by atoms with E-state index in [0.717, 1.165) is 22.4 Å². The highest BCUT2D eigenvalue weighted by atomic mass is 19.1. The van der Waals surface area contributed by atoms with E-state index in [9.17, 15) is 9.18 Å². The zero-order valence-electron chi connectivity index (χ0n) is 15.0. The van der Waals surface area contributed by atoms with Crippen LogP contribution in [-0.2, 0) is 13.6 Å². The van der Waals surface area contributed by atoms with Crippen molar-refractivity contribution in [1.82, 2.24) is 25.1 Å². The van der Waals surface area contributed by atoms with Gasteiger partial charge in [0.1, 0.15) is 11.6 Å². The van der Waals surface area contributed by atoms with Gasteiger partial charge in [0.2, 0.25) is 0 Å². The summed E-state index contributed by atoms with van der Waals surface area (Å²) in [4.78, 5) is 17.1. The topological polar surface area (TPSA) is 75.6 Å². The first kappa shape index (κ1) is 17.0. The molecule has 0 saturated heterocycles. The summed E-state index contributed by atoms with van der Waals surface area (Å²) in [5.41, 5.74) is 4.32. The van der Waals surface area contributed by atoms with Crippen molar-refractivity contribution >= 4 is 16.9 Å². The number of H-pyrrole nitrogens is 1. The van der Waals surface area contributed by atoms with Gasteiger partial charge in [-0.25, -0.2) is 9.37 Å². The Hall–Kier alpha value is -3.48. The summed E-state index contributed by atoms with van der Waals surface area (Å²) in [5, 5.41) is 9.59. The third-order valence-electron chi connectivity index (χ3n) is 4.62. The first-order valence-electron chi connectivity index (χ1n) is 8.52. The van der Waals surface area contributed by atoms with Crippen molar-refractivity contribution in [3.8, 4) is 11.3 Å². The average molecular weight is 363 g/mol. The zero-order valence-corrected chi connectivity index (χ0v) is 15.0. The fraction of sp³-hybridized carbons (Fsp3) is 0.150. The van der Waals surface area contributed by atoms with Gasteiger partial charge in [-0.05, 0) is 36.8 Å². The number of benzene rings is 2. The monoisotopic (exact) mass is 363 g/mol. The molecule has 0 bridgehead atoms. The third-order valence-corrected chi connectivity index (χ3v) is 4.62. The van der Waals surface area contributed by atoms with Crippen molar-refractivity contribution in [2.75, 3.05) is 0 Å². The molecule has 0 atom stereocenters. The van der Waals surface area contributed by atoms with E-state index in [-0.39, 0.29) is 11.7 Å². The number of aryl methyl sites for hydroxylation is 2. The molecule has 27 heavy (non-hydrogen) atoms. The minimum atomic E-state index is -0.368. The van der Waals surface area contributed by atoms with Crippen molar-refractivity contribution in [2.24, 2.45) is 7.05 Å². The predicted octanol–water partition coefficient (Wildman–Crippen LogP) is 3.34. The standard InChI is InChI=1S/C20H18FN5O/c1-12-24-17-8-13(6-7-18(17)26(12)2)10-22-20(27)16-11-23-25-19(16)14-4-3-5-15(21)9-14/h3-9,11H,10H2,1-2H3,(H,22,27)(H,23,25). The van der Waals surface area contributed by atoms with Gasteiger partial charge in [-0.2, -0.15) is 5.10 Å². The molecule has 4 rings (SSSR count). The maximum absolute atomic E-state index is 13.5. The zero-order chi connectivity index (χ0) is 19.0. The number of amides is 1. The second kappa shape index (κ2) is 6.68. The quantitative estimate of drug-likeness (QED) is 0.584. The van der Waals surface area contributed by atoms with Gasteiger partial charge in [0.05, 0.1) is 28.5 Å². The summed E-state index contributed by atoms with van der Waals surface area (Å²) < 4.78 is 15.5. The molecule has 0 aliphatic heterocycles. The Morgan fingerprint density at radius 2 is 2.11 bits per heavy atom. The fourth-order valence-electron chi connectivity index (χ4n) is 3.08. The van der Waals surface area contributed by atoms with Gasteiger partial charge in [-0.3, -0.25) is 9.89 Å². The number of hydrogen-bond acceptors (Lipinski definition) is 3. The second-order valence-corrected chi connectivity index (χ2v) is 6.39. The van der Waals surface area contributed by atoms with E-state index in [1.165, 1.54) is 18.3 Å². The molecule has 1 amide bonds. The van der Waals surface area contributed by atoms with Crippen molar-refractivity contribution in [2.45, 2.75) is 13.5 Å².